The topological polar surface area (TPSA) is 72.0 Å². The fourth-order valence-electron chi connectivity index (χ4n) is 2.53. The van der Waals surface area contributed by atoms with Crippen molar-refractivity contribution in [1.29, 1.82) is 0 Å². The highest BCUT2D eigenvalue weighted by Gasteiger charge is 2.20. The van der Waals surface area contributed by atoms with Crippen LogP contribution in [-0.4, -0.2) is 22.5 Å². The van der Waals surface area contributed by atoms with Gasteiger partial charge in [-0.3, -0.25) is 4.79 Å². The van der Waals surface area contributed by atoms with E-state index in [2.05, 4.69) is 9.97 Å². The Morgan fingerprint density at radius 3 is 2.65 bits per heavy atom. The quantitative estimate of drug-likeness (QED) is 0.667. The molecule has 0 atom stereocenters. The molecule has 0 saturated heterocycles. The number of carbonyl (C=O) groups excluding carboxylic acids is 1. The monoisotopic (exact) mass is 388 g/mol. The van der Waals surface area contributed by atoms with Gasteiger partial charge in [-0.2, -0.15) is 0 Å². The number of aromatic amines is 1. The minimum absolute atomic E-state index is 0.265. The van der Waals surface area contributed by atoms with E-state index in [1.54, 1.807) is 19.9 Å². The number of ether oxygens (including phenoxy) is 1. The maximum absolute atomic E-state index is 12.5. The van der Waals surface area contributed by atoms with Crippen LogP contribution in [-0.2, 0) is 4.74 Å². The first-order valence-electron chi connectivity index (χ1n) is 8.05. The standard InChI is InChI=1S/C19H17ClN2O3S/c1-4-25-19(24)15-11(3)14-17(23)21-16(22-18(14)26-15)13(20)9-12-7-5-10(2)6-8-12/h5-9H,4H2,1-3H3,(H,21,22,23)/b13-9-. The number of nitrogens with one attached hydrogen (secondary N) is 1. The molecule has 0 aliphatic carbocycles. The van der Waals surface area contributed by atoms with Gasteiger partial charge in [0, 0.05) is 0 Å². The summed E-state index contributed by atoms with van der Waals surface area (Å²) in [6.45, 7) is 5.72. The van der Waals surface area contributed by atoms with Gasteiger partial charge >= 0.3 is 5.97 Å². The highest BCUT2D eigenvalue weighted by atomic mass is 35.5. The third-order valence-corrected chi connectivity index (χ3v) is 5.31. The molecule has 134 valence electrons. The largest absolute Gasteiger partial charge is 0.462 e. The van der Waals surface area contributed by atoms with Gasteiger partial charge < -0.3 is 9.72 Å². The molecule has 0 aliphatic heterocycles. The number of carbonyl (C=O) groups is 1. The molecule has 1 N–H and O–H groups in total. The van der Waals surface area contributed by atoms with Gasteiger partial charge in [0.1, 0.15) is 9.71 Å². The van der Waals surface area contributed by atoms with Crippen LogP contribution in [0.2, 0.25) is 0 Å². The number of hydrogen-bond donors (Lipinski definition) is 1. The molecule has 26 heavy (non-hydrogen) atoms. The van der Waals surface area contributed by atoms with Gasteiger partial charge in [-0.25, -0.2) is 9.78 Å². The zero-order valence-electron chi connectivity index (χ0n) is 14.6. The number of thiophene rings is 1. The van der Waals surface area contributed by atoms with Crippen molar-refractivity contribution in [2.45, 2.75) is 20.8 Å². The average Bonchev–Trinajstić information content (AvgIpc) is 2.94. The Bertz CT molecular complexity index is 1060. The third-order valence-electron chi connectivity index (χ3n) is 3.86. The molecule has 2 heterocycles. The Morgan fingerprint density at radius 2 is 2.00 bits per heavy atom. The van der Waals surface area contributed by atoms with Crippen LogP contribution in [0.25, 0.3) is 21.3 Å². The summed E-state index contributed by atoms with van der Waals surface area (Å²) in [4.78, 5) is 32.5. The van der Waals surface area contributed by atoms with Crippen LogP contribution in [0.4, 0.5) is 0 Å². The Labute approximate surface area is 159 Å². The number of H-pyrrole nitrogens is 1. The molecule has 1 aromatic carbocycles. The van der Waals surface area contributed by atoms with E-state index in [9.17, 15) is 9.59 Å². The van der Waals surface area contributed by atoms with E-state index in [0.29, 0.717) is 25.7 Å². The molecule has 3 aromatic rings. The molecule has 0 fully saturated rings. The summed E-state index contributed by atoms with van der Waals surface area (Å²) in [6, 6.07) is 7.82. The van der Waals surface area contributed by atoms with E-state index < -0.39 is 5.97 Å². The third kappa shape index (κ3) is 3.57. The molecule has 0 aliphatic rings. The van der Waals surface area contributed by atoms with E-state index in [1.165, 1.54) is 0 Å². The lowest BCUT2D eigenvalue weighted by atomic mass is 10.1. The molecule has 0 amide bonds. The van der Waals surface area contributed by atoms with Gasteiger partial charge in [0.15, 0.2) is 5.82 Å². The van der Waals surface area contributed by atoms with Crippen LogP contribution in [0.15, 0.2) is 29.1 Å². The van der Waals surface area contributed by atoms with Crippen LogP contribution in [0.1, 0.15) is 39.1 Å². The van der Waals surface area contributed by atoms with Crippen molar-refractivity contribution in [3.05, 3.63) is 62.0 Å². The Hall–Kier alpha value is -2.44. The Balaban J connectivity index is 2.07. The number of rotatable bonds is 4. The lowest BCUT2D eigenvalue weighted by Gasteiger charge is -2.01. The first kappa shape index (κ1) is 18.4. The molecule has 0 unspecified atom stereocenters. The van der Waals surface area contributed by atoms with Gasteiger partial charge in [-0.05, 0) is 38.0 Å². The van der Waals surface area contributed by atoms with Gasteiger partial charge in [-0.1, -0.05) is 41.4 Å². The predicted octanol–water partition coefficient (Wildman–Crippen LogP) is 4.52. The first-order valence-corrected chi connectivity index (χ1v) is 9.25. The van der Waals surface area contributed by atoms with Crippen molar-refractivity contribution < 1.29 is 9.53 Å². The molecule has 0 radical (unpaired) electrons. The number of esters is 1. The molecular weight excluding hydrogens is 372 g/mol. The molecule has 0 bridgehead atoms. The number of nitrogens with zero attached hydrogens (tertiary/aromatic N) is 1. The fraction of sp³-hybridized carbons (Fsp3) is 0.211. The number of aryl methyl sites for hydroxylation is 2. The van der Waals surface area contributed by atoms with Gasteiger partial charge in [-0.15, -0.1) is 11.3 Å². The van der Waals surface area contributed by atoms with Crippen LogP contribution in [0, 0.1) is 13.8 Å². The summed E-state index contributed by atoms with van der Waals surface area (Å²) >= 11 is 7.49. The number of benzene rings is 1. The van der Waals surface area contributed by atoms with E-state index in [1.807, 2.05) is 31.2 Å². The van der Waals surface area contributed by atoms with Crippen molar-refractivity contribution in [3.63, 3.8) is 0 Å². The number of fused-ring (bicyclic) bond motifs is 1. The SMILES string of the molecule is CCOC(=O)c1sc2nc(/C(Cl)=C/c3ccc(C)cc3)[nH]c(=O)c2c1C. The van der Waals surface area contributed by atoms with E-state index >= 15 is 0 Å². The predicted molar refractivity (Wildman–Crippen MR) is 106 cm³/mol. The fourth-order valence-corrected chi connectivity index (χ4v) is 3.82. The van der Waals surface area contributed by atoms with E-state index in [0.717, 1.165) is 22.5 Å². The minimum Gasteiger partial charge on any atom is -0.462 e. The van der Waals surface area contributed by atoms with E-state index in [4.69, 9.17) is 16.3 Å². The van der Waals surface area contributed by atoms with Crippen LogP contribution < -0.4 is 5.56 Å². The molecule has 5 nitrogen and oxygen atoms in total. The summed E-state index contributed by atoms with van der Waals surface area (Å²) in [5, 5.41) is 0.707. The second-order valence-corrected chi connectivity index (χ2v) is 7.18. The van der Waals surface area contributed by atoms with Crippen molar-refractivity contribution in [3.8, 4) is 0 Å². The summed E-state index contributed by atoms with van der Waals surface area (Å²) in [5.74, 6) is -0.184. The van der Waals surface area contributed by atoms with Crippen molar-refractivity contribution >= 4 is 50.2 Å². The van der Waals surface area contributed by atoms with Crippen LogP contribution in [0.3, 0.4) is 0 Å². The molecule has 0 saturated carbocycles. The summed E-state index contributed by atoms with van der Waals surface area (Å²) in [5.41, 5.74) is 2.29. The summed E-state index contributed by atoms with van der Waals surface area (Å²) in [7, 11) is 0. The van der Waals surface area contributed by atoms with E-state index in [-0.39, 0.29) is 18.0 Å². The van der Waals surface area contributed by atoms with Gasteiger partial charge in [0.25, 0.3) is 5.56 Å². The summed E-state index contributed by atoms with van der Waals surface area (Å²) in [6.07, 6.45) is 1.73. The normalized spacial score (nSPS) is 11.8. The zero-order valence-corrected chi connectivity index (χ0v) is 16.1. The highest BCUT2D eigenvalue weighted by molar-refractivity contribution is 7.20. The smallest absolute Gasteiger partial charge is 0.348 e. The average molecular weight is 389 g/mol. The second-order valence-electron chi connectivity index (χ2n) is 5.77. The lowest BCUT2D eigenvalue weighted by Crippen LogP contribution is -2.10. The Kier molecular flexibility index (Phi) is 5.25. The molecule has 3 rings (SSSR count). The molecular formula is C19H17ClN2O3S. The number of aromatic nitrogens is 2. The molecule has 2 aromatic heterocycles. The maximum atomic E-state index is 12.5. The van der Waals surface area contributed by atoms with Crippen LogP contribution in [0.5, 0.6) is 0 Å². The molecule has 7 heteroatoms. The highest BCUT2D eigenvalue weighted by Crippen LogP contribution is 2.29. The van der Waals surface area contributed by atoms with Gasteiger partial charge in [0.2, 0.25) is 0 Å². The minimum atomic E-state index is -0.449. The number of halogens is 1. The Morgan fingerprint density at radius 1 is 1.31 bits per heavy atom. The zero-order chi connectivity index (χ0) is 18.8. The van der Waals surface area contributed by atoms with Crippen molar-refractivity contribution in [2.24, 2.45) is 0 Å². The first-order chi connectivity index (χ1) is 12.4. The molecule has 0 spiro atoms. The summed E-state index contributed by atoms with van der Waals surface area (Å²) < 4.78 is 5.04. The van der Waals surface area contributed by atoms with Crippen molar-refractivity contribution in [2.75, 3.05) is 6.61 Å². The van der Waals surface area contributed by atoms with Crippen molar-refractivity contribution in [1.82, 2.24) is 9.97 Å². The second kappa shape index (κ2) is 7.43. The lowest BCUT2D eigenvalue weighted by molar-refractivity contribution is 0.0531. The van der Waals surface area contributed by atoms with Gasteiger partial charge in [0.05, 0.1) is 17.0 Å². The maximum Gasteiger partial charge on any atom is 0.348 e. The number of hydrogen-bond acceptors (Lipinski definition) is 5. The van der Waals surface area contributed by atoms with Crippen LogP contribution >= 0.6 is 22.9 Å².